The number of para-hydroxylation sites is 4. The predicted molar refractivity (Wildman–Crippen MR) is 192 cm³/mol. The quantitative estimate of drug-likeness (QED) is 0.201. The maximum atomic E-state index is 4.99. The van der Waals surface area contributed by atoms with E-state index in [2.05, 4.69) is 172 Å². The SMILES string of the molecule is C1=C2C(CC(n3c(-c4ccc5ccccc5c4)nnc3-n3c4ccccc4c4ccccc43)=C1)c1ccccc1N2c1ccccc1. The second-order valence-corrected chi connectivity index (χ2v) is 12.3. The molecule has 0 saturated heterocycles. The molecule has 6 aromatic carbocycles. The highest BCUT2D eigenvalue weighted by molar-refractivity contribution is 6.09. The van der Waals surface area contributed by atoms with E-state index in [4.69, 9.17) is 10.2 Å². The van der Waals surface area contributed by atoms with E-state index in [1.54, 1.807) is 0 Å². The molecule has 0 radical (unpaired) electrons. The van der Waals surface area contributed by atoms with Crippen molar-refractivity contribution in [2.45, 2.75) is 12.3 Å². The Labute approximate surface area is 272 Å². The van der Waals surface area contributed by atoms with Gasteiger partial charge >= 0.3 is 0 Å². The second kappa shape index (κ2) is 10.2. The third kappa shape index (κ3) is 3.90. The van der Waals surface area contributed by atoms with Gasteiger partial charge in [0.15, 0.2) is 5.82 Å². The van der Waals surface area contributed by atoms with Crippen molar-refractivity contribution >= 4 is 49.7 Å². The van der Waals surface area contributed by atoms with Crippen LogP contribution in [0.15, 0.2) is 163 Å². The molecular formula is C42H29N5. The van der Waals surface area contributed by atoms with Crippen LogP contribution in [0.4, 0.5) is 11.4 Å². The van der Waals surface area contributed by atoms with Crippen LogP contribution in [-0.2, 0) is 0 Å². The van der Waals surface area contributed by atoms with Crippen LogP contribution in [0.1, 0.15) is 17.9 Å². The minimum absolute atomic E-state index is 0.198. The number of allylic oxidation sites excluding steroid dienone is 4. The zero-order chi connectivity index (χ0) is 30.9. The average molecular weight is 604 g/mol. The Bertz CT molecular complexity index is 2510. The molecule has 0 amide bonds. The number of hydrogen-bond acceptors (Lipinski definition) is 3. The van der Waals surface area contributed by atoms with Crippen LogP contribution in [0, 0.1) is 0 Å². The molecule has 8 aromatic rings. The topological polar surface area (TPSA) is 38.9 Å². The number of rotatable bonds is 4. The molecule has 1 aliphatic heterocycles. The van der Waals surface area contributed by atoms with Gasteiger partial charge in [-0.3, -0.25) is 9.13 Å². The van der Waals surface area contributed by atoms with Crippen LogP contribution in [-0.4, -0.2) is 19.3 Å². The number of fused-ring (bicyclic) bond motifs is 7. The molecule has 0 spiro atoms. The van der Waals surface area contributed by atoms with E-state index in [1.165, 1.54) is 44.2 Å². The first kappa shape index (κ1) is 26.1. The fraction of sp³-hybridized carbons (Fsp3) is 0.0476. The highest BCUT2D eigenvalue weighted by Gasteiger charge is 2.37. The molecule has 0 saturated carbocycles. The van der Waals surface area contributed by atoms with E-state index in [0.717, 1.165) is 40.5 Å². The van der Waals surface area contributed by atoms with Gasteiger partial charge < -0.3 is 4.90 Å². The van der Waals surface area contributed by atoms with Gasteiger partial charge in [-0.1, -0.05) is 109 Å². The zero-order valence-corrected chi connectivity index (χ0v) is 25.5. The first-order valence-electron chi connectivity index (χ1n) is 16.1. The summed E-state index contributed by atoms with van der Waals surface area (Å²) >= 11 is 0. The Kier molecular flexibility index (Phi) is 5.63. The summed E-state index contributed by atoms with van der Waals surface area (Å²) in [4.78, 5) is 2.41. The van der Waals surface area contributed by atoms with Crippen molar-refractivity contribution in [2.24, 2.45) is 0 Å². The summed E-state index contributed by atoms with van der Waals surface area (Å²) in [6.07, 6.45) is 5.39. The van der Waals surface area contributed by atoms with Crippen molar-refractivity contribution in [3.63, 3.8) is 0 Å². The molecule has 3 heterocycles. The Morgan fingerprint density at radius 3 is 2.04 bits per heavy atom. The van der Waals surface area contributed by atoms with E-state index in [0.29, 0.717) is 0 Å². The number of aromatic nitrogens is 4. The Hall–Kier alpha value is -6.20. The Balaban J connectivity index is 1.22. The minimum atomic E-state index is 0.198. The van der Waals surface area contributed by atoms with Crippen LogP contribution in [0.3, 0.4) is 0 Å². The summed E-state index contributed by atoms with van der Waals surface area (Å²) in [6, 6.07) is 51.8. The van der Waals surface area contributed by atoms with Gasteiger partial charge in [0.2, 0.25) is 5.95 Å². The van der Waals surface area contributed by atoms with Gasteiger partial charge in [-0.2, -0.15) is 0 Å². The molecule has 5 nitrogen and oxygen atoms in total. The van der Waals surface area contributed by atoms with E-state index < -0.39 is 0 Å². The normalized spacial score (nSPS) is 15.6. The van der Waals surface area contributed by atoms with Gasteiger partial charge in [-0.15, -0.1) is 10.2 Å². The van der Waals surface area contributed by atoms with Gasteiger partial charge in [-0.25, -0.2) is 0 Å². The maximum absolute atomic E-state index is 4.99. The first-order valence-corrected chi connectivity index (χ1v) is 16.1. The van der Waals surface area contributed by atoms with Gasteiger partial charge in [0.05, 0.1) is 11.0 Å². The largest absolute Gasteiger partial charge is 0.313 e. The summed E-state index contributed by atoms with van der Waals surface area (Å²) in [5, 5.41) is 14.7. The fourth-order valence-corrected chi connectivity index (χ4v) is 7.67. The average Bonchev–Trinajstić information content (AvgIpc) is 3.82. The molecule has 1 aliphatic carbocycles. The monoisotopic (exact) mass is 603 g/mol. The molecule has 1 unspecified atom stereocenters. The summed E-state index contributed by atoms with van der Waals surface area (Å²) in [7, 11) is 0. The smallest absolute Gasteiger partial charge is 0.241 e. The lowest BCUT2D eigenvalue weighted by Crippen LogP contribution is -2.17. The third-order valence-corrected chi connectivity index (χ3v) is 9.76. The van der Waals surface area contributed by atoms with Crippen molar-refractivity contribution < 1.29 is 0 Å². The molecule has 222 valence electrons. The predicted octanol–water partition coefficient (Wildman–Crippen LogP) is 10.3. The molecule has 0 bridgehead atoms. The highest BCUT2D eigenvalue weighted by Crippen LogP contribution is 2.52. The lowest BCUT2D eigenvalue weighted by molar-refractivity contribution is 0.788. The summed E-state index contributed by atoms with van der Waals surface area (Å²) < 4.78 is 4.57. The van der Waals surface area contributed by atoms with Gasteiger partial charge in [-0.05, 0) is 64.9 Å². The summed E-state index contributed by atoms with van der Waals surface area (Å²) in [5.41, 5.74) is 9.48. The van der Waals surface area contributed by atoms with Crippen molar-refractivity contribution in [3.8, 4) is 17.3 Å². The number of benzene rings is 6. The van der Waals surface area contributed by atoms with Gasteiger partial charge in [0.1, 0.15) is 0 Å². The Morgan fingerprint density at radius 1 is 0.553 bits per heavy atom. The van der Waals surface area contributed by atoms with Gasteiger partial charge in [0.25, 0.3) is 0 Å². The van der Waals surface area contributed by atoms with Gasteiger partial charge in [0, 0.05) is 51.4 Å². The number of anilines is 2. The van der Waals surface area contributed by atoms with Crippen molar-refractivity contribution in [1.82, 2.24) is 19.3 Å². The van der Waals surface area contributed by atoms with Crippen molar-refractivity contribution in [2.75, 3.05) is 4.90 Å². The molecule has 10 rings (SSSR count). The second-order valence-electron chi connectivity index (χ2n) is 12.3. The van der Waals surface area contributed by atoms with Crippen molar-refractivity contribution in [3.05, 3.63) is 169 Å². The summed E-state index contributed by atoms with van der Waals surface area (Å²) in [5.74, 6) is 1.83. The first-order chi connectivity index (χ1) is 23.3. The third-order valence-electron chi connectivity index (χ3n) is 9.76. The van der Waals surface area contributed by atoms with Crippen LogP contribution in [0.25, 0.3) is 55.6 Å². The van der Waals surface area contributed by atoms with Crippen LogP contribution >= 0.6 is 0 Å². The molecular weight excluding hydrogens is 574 g/mol. The number of nitrogens with zero attached hydrogens (tertiary/aromatic N) is 5. The fourth-order valence-electron chi connectivity index (χ4n) is 7.67. The molecule has 0 N–H and O–H groups in total. The van der Waals surface area contributed by atoms with E-state index in [-0.39, 0.29) is 5.92 Å². The van der Waals surface area contributed by atoms with Crippen LogP contribution in [0.5, 0.6) is 0 Å². The maximum Gasteiger partial charge on any atom is 0.241 e. The van der Waals surface area contributed by atoms with E-state index >= 15 is 0 Å². The summed E-state index contributed by atoms with van der Waals surface area (Å²) in [6.45, 7) is 0. The zero-order valence-electron chi connectivity index (χ0n) is 25.5. The standard InChI is InChI=1S/C42H29N5/c1-2-14-31(15-3-1)45-37-19-9-8-18-35(37)36-27-32(24-25-40(36)45)46-41(30-23-22-28-12-4-5-13-29(28)26-30)43-44-42(46)47-38-20-10-6-16-33(38)34-17-7-11-21-39(34)47/h1-26,36H,27H2. The van der Waals surface area contributed by atoms with E-state index in [1.807, 2.05) is 0 Å². The molecule has 1 atom stereocenters. The van der Waals surface area contributed by atoms with Crippen molar-refractivity contribution in [1.29, 1.82) is 0 Å². The van der Waals surface area contributed by atoms with E-state index in [9.17, 15) is 0 Å². The lowest BCUT2D eigenvalue weighted by Gasteiger charge is -2.27. The minimum Gasteiger partial charge on any atom is -0.313 e. The molecule has 47 heavy (non-hydrogen) atoms. The lowest BCUT2D eigenvalue weighted by atomic mass is 9.90. The molecule has 0 fully saturated rings. The molecule has 2 aliphatic rings. The molecule has 2 aromatic heterocycles. The van der Waals surface area contributed by atoms with Crippen LogP contribution < -0.4 is 4.90 Å². The highest BCUT2D eigenvalue weighted by atomic mass is 15.4. The van der Waals surface area contributed by atoms with Crippen LogP contribution in [0.2, 0.25) is 0 Å². The molecule has 5 heteroatoms. The Morgan fingerprint density at radius 2 is 1.23 bits per heavy atom. The number of hydrogen-bond donors (Lipinski definition) is 0.